The highest BCUT2D eigenvalue weighted by Crippen LogP contribution is 2.42. The van der Waals surface area contributed by atoms with Gasteiger partial charge in [-0.25, -0.2) is 0 Å². The number of nitrogens with zero attached hydrogens (tertiary/aromatic N) is 2. The number of nitrogens with one attached hydrogen (secondary N) is 1. The zero-order chi connectivity index (χ0) is 23.7. The Labute approximate surface area is 198 Å². The van der Waals surface area contributed by atoms with Gasteiger partial charge in [0.25, 0.3) is 0 Å². The molecule has 0 radical (unpaired) electrons. The second-order valence-corrected chi connectivity index (χ2v) is 8.66. The van der Waals surface area contributed by atoms with Gasteiger partial charge in [0.1, 0.15) is 29.4 Å². The van der Waals surface area contributed by atoms with Crippen molar-refractivity contribution in [2.45, 2.75) is 39.3 Å². The Balaban J connectivity index is 1.47. The molecule has 8 heteroatoms. The van der Waals surface area contributed by atoms with Gasteiger partial charge in [0.2, 0.25) is 5.91 Å². The number of aryl methyl sites for hydroxylation is 2. The molecule has 0 saturated carbocycles. The lowest BCUT2D eigenvalue weighted by Crippen LogP contribution is -2.38. The molecule has 1 aliphatic heterocycles. The molecule has 7 nitrogen and oxygen atoms in total. The van der Waals surface area contributed by atoms with Crippen molar-refractivity contribution < 1.29 is 19.0 Å². The molecule has 4 rings (SSSR count). The summed E-state index contributed by atoms with van der Waals surface area (Å²) < 4.78 is 18.7. The molecule has 33 heavy (non-hydrogen) atoms. The number of ether oxygens (including phenoxy) is 3. The number of methoxy groups -OCH3 is 2. The normalized spacial score (nSPS) is 15.5. The van der Waals surface area contributed by atoms with Crippen LogP contribution in [0.4, 0.5) is 0 Å². The summed E-state index contributed by atoms with van der Waals surface area (Å²) in [5.74, 6) is 2.02. The molecule has 0 unspecified atom stereocenters. The lowest BCUT2D eigenvalue weighted by Gasteiger charge is -2.17. The molecule has 174 valence electrons. The first kappa shape index (κ1) is 23.0. The van der Waals surface area contributed by atoms with E-state index in [1.807, 2.05) is 51.1 Å². The summed E-state index contributed by atoms with van der Waals surface area (Å²) in [5.41, 5.74) is 4.64. The van der Waals surface area contributed by atoms with Crippen LogP contribution in [-0.2, 0) is 11.2 Å². The van der Waals surface area contributed by atoms with E-state index in [9.17, 15) is 4.79 Å². The minimum absolute atomic E-state index is 0.103. The van der Waals surface area contributed by atoms with Crippen molar-refractivity contribution in [1.29, 1.82) is 0 Å². The van der Waals surface area contributed by atoms with Crippen LogP contribution in [0.3, 0.4) is 0 Å². The maximum absolute atomic E-state index is 12.7. The third-order valence-corrected chi connectivity index (χ3v) is 6.15. The van der Waals surface area contributed by atoms with Crippen LogP contribution >= 0.6 is 11.6 Å². The molecule has 0 aliphatic carbocycles. The van der Waals surface area contributed by atoms with Crippen LogP contribution in [0.1, 0.15) is 29.9 Å². The van der Waals surface area contributed by atoms with E-state index < -0.39 is 6.04 Å². The van der Waals surface area contributed by atoms with Gasteiger partial charge >= 0.3 is 0 Å². The van der Waals surface area contributed by atoms with E-state index in [-0.39, 0.29) is 12.0 Å². The van der Waals surface area contributed by atoms with E-state index in [1.54, 1.807) is 18.9 Å². The van der Waals surface area contributed by atoms with Crippen LogP contribution in [0.2, 0.25) is 5.02 Å². The van der Waals surface area contributed by atoms with Gasteiger partial charge in [0.05, 0.1) is 31.5 Å². The van der Waals surface area contributed by atoms with Crippen molar-refractivity contribution in [3.63, 3.8) is 0 Å². The van der Waals surface area contributed by atoms with Crippen molar-refractivity contribution in [2.75, 3.05) is 20.8 Å². The maximum Gasteiger partial charge on any atom is 0.244 e. The van der Waals surface area contributed by atoms with E-state index in [4.69, 9.17) is 25.8 Å². The molecule has 2 aromatic carbocycles. The third-order valence-electron chi connectivity index (χ3n) is 5.87. The predicted molar refractivity (Wildman–Crippen MR) is 128 cm³/mol. The highest BCUT2D eigenvalue weighted by Gasteiger charge is 2.28. The average molecular weight is 470 g/mol. The minimum atomic E-state index is -0.404. The SMILES string of the molecule is COc1ccc(OC)c(-c2cc(Cl)c3c(c2)C[C@@H](CNC(=O)[C@@H](C)n2nc(C)cc2C)O3)c1. The number of amides is 1. The van der Waals surface area contributed by atoms with Crippen molar-refractivity contribution >= 4 is 17.5 Å². The molecule has 0 spiro atoms. The number of aromatic nitrogens is 2. The summed E-state index contributed by atoms with van der Waals surface area (Å²) >= 11 is 6.58. The second kappa shape index (κ2) is 9.35. The molecule has 0 bridgehead atoms. The Morgan fingerprint density at radius 1 is 1.24 bits per heavy atom. The molecule has 1 aromatic heterocycles. The summed E-state index contributed by atoms with van der Waals surface area (Å²) in [6, 6.07) is 11.1. The van der Waals surface area contributed by atoms with Gasteiger partial charge in [-0.2, -0.15) is 5.10 Å². The van der Waals surface area contributed by atoms with E-state index in [0.29, 0.717) is 23.7 Å². The number of carbonyl (C=O) groups excluding carboxylic acids is 1. The van der Waals surface area contributed by atoms with Crippen molar-refractivity contribution in [2.24, 2.45) is 0 Å². The van der Waals surface area contributed by atoms with Crippen molar-refractivity contribution in [3.05, 3.63) is 58.4 Å². The smallest absolute Gasteiger partial charge is 0.244 e. The average Bonchev–Trinajstić information content (AvgIpc) is 3.38. The van der Waals surface area contributed by atoms with Gasteiger partial charge in [-0.1, -0.05) is 11.6 Å². The fraction of sp³-hybridized carbons (Fsp3) is 0.360. The predicted octanol–water partition coefficient (Wildman–Crippen LogP) is 4.52. The number of carbonyl (C=O) groups is 1. The monoisotopic (exact) mass is 469 g/mol. The third kappa shape index (κ3) is 4.64. The molecule has 1 N–H and O–H groups in total. The van der Waals surface area contributed by atoms with Gasteiger partial charge in [0, 0.05) is 23.2 Å². The first-order valence-corrected chi connectivity index (χ1v) is 11.2. The highest BCUT2D eigenvalue weighted by atomic mass is 35.5. The van der Waals surface area contributed by atoms with Gasteiger partial charge in [-0.05, 0) is 62.7 Å². The summed E-state index contributed by atoms with van der Waals surface area (Å²) in [6.45, 7) is 6.07. The van der Waals surface area contributed by atoms with Crippen LogP contribution in [0.25, 0.3) is 11.1 Å². The van der Waals surface area contributed by atoms with Crippen molar-refractivity contribution in [1.82, 2.24) is 15.1 Å². The molecule has 2 atom stereocenters. The number of benzene rings is 2. The van der Waals surface area contributed by atoms with Crippen LogP contribution in [0, 0.1) is 13.8 Å². The van der Waals surface area contributed by atoms with Crippen LogP contribution in [-0.4, -0.2) is 42.6 Å². The fourth-order valence-electron chi connectivity index (χ4n) is 4.21. The second-order valence-electron chi connectivity index (χ2n) is 8.25. The lowest BCUT2D eigenvalue weighted by molar-refractivity contribution is -0.124. The van der Waals surface area contributed by atoms with Crippen molar-refractivity contribution in [3.8, 4) is 28.4 Å². The zero-order valence-corrected chi connectivity index (χ0v) is 20.2. The molecule has 3 aromatic rings. The molecule has 0 saturated heterocycles. The highest BCUT2D eigenvalue weighted by molar-refractivity contribution is 6.32. The summed E-state index contributed by atoms with van der Waals surface area (Å²) in [6.07, 6.45) is 0.445. The van der Waals surface area contributed by atoms with E-state index in [1.165, 1.54) is 0 Å². The number of rotatable bonds is 7. The standard InChI is InChI=1S/C25H28ClN3O4/c1-14-8-15(2)29(28-14)16(3)25(30)27-13-20-10-18-9-17(11-22(26)24(18)33-20)21-12-19(31-4)6-7-23(21)32-5/h6-9,11-12,16,20H,10,13H2,1-5H3,(H,27,30)/t16-,20+/m1/s1. The fourth-order valence-corrected chi connectivity index (χ4v) is 4.49. The van der Waals surface area contributed by atoms with E-state index >= 15 is 0 Å². The van der Waals surface area contributed by atoms with Gasteiger partial charge in [-0.3, -0.25) is 9.48 Å². The van der Waals surface area contributed by atoms with Crippen LogP contribution < -0.4 is 19.5 Å². The number of hydrogen-bond donors (Lipinski definition) is 1. The first-order valence-electron chi connectivity index (χ1n) is 10.8. The summed E-state index contributed by atoms with van der Waals surface area (Å²) in [7, 11) is 3.26. The molecule has 0 fully saturated rings. The Bertz CT molecular complexity index is 1190. The molecule has 2 heterocycles. The Hall–Kier alpha value is -3.19. The summed E-state index contributed by atoms with van der Waals surface area (Å²) in [4.78, 5) is 12.7. The lowest BCUT2D eigenvalue weighted by atomic mass is 9.99. The zero-order valence-electron chi connectivity index (χ0n) is 19.4. The minimum Gasteiger partial charge on any atom is -0.497 e. The van der Waals surface area contributed by atoms with Crippen LogP contribution in [0.15, 0.2) is 36.4 Å². The van der Waals surface area contributed by atoms with Gasteiger partial charge in [0.15, 0.2) is 0 Å². The Kier molecular flexibility index (Phi) is 6.51. The summed E-state index contributed by atoms with van der Waals surface area (Å²) in [5, 5.41) is 7.92. The quantitative estimate of drug-likeness (QED) is 0.550. The van der Waals surface area contributed by atoms with Crippen LogP contribution in [0.5, 0.6) is 17.2 Å². The topological polar surface area (TPSA) is 74.6 Å². The molecule has 1 aliphatic rings. The maximum atomic E-state index is 12.7. The Morgan fingerprint density at radius 3 is 2.70 bits per heavy atom. The van der Waals surface area contributed by atoms with E-state index in [2.05, 4.69) is 16.5 Å². The first-order chi connectivity index (χ1) is 15.8. The molecular formula is C25H28ClN3O4. The number of halogens is 1. The largest absolute Gasteiger partial charge is 0.497 e. The number of fused-ring (bicyclic) bond motifs is 1. The van der Waals surface area contributed by atoms with Gasteiger partial charge < -0.3 is 19.5 Å². The van der Waals surface area contributed by atoms with Gasteiger partial charge in [-0.15, -0.1) is 0 Å². The molecular weight excluding hydrogens is 442 g/mol. The molecule has 1 amide bonds. The Morgan fingerprint density at radius 2 is 2.03 bits per heavy atom. The van der Waals surface area contributed by atoms with E-state index in [0.717, 1.165) is 39.6 Å². The number of hydrogen-bond acceptors (Lipinski definition) is 5.